The zero-order chi connectivity index (χ0) is 13.8. The second kappa shape index (κ2) is 5.95. The van der Waals surface area contributed by atoms with Gasteiger partial charge in [0.25, 0.3) is 0 Å². The van der Waals surface area contributed by atoms with E-state index in [1.807, 2.05) is 12.3 Å². The van der Waals surface area contributed by atoms with Crippen molar-refractivity contribution >= 4 is 0 Å². The van der Waals surface area contributed by atoms with Crippen LogP contribution in [0.15, 0.2) is 30.6 Å². The summed E-state index contributed by atoms with van der Waals surface area (Å²) in [6.07, 6.45) is 4.39. The minimum absolute atomic E-state index is 0.0769. The average molecular weight is 262 g/mol. The number of hydrogen-bond acceptors (Lipinski definition) is 3. The van der Waals surface area contributed by atoms with E-state index in [9.17, 15) is 4.39 Å². The predicted molar refractivity (Wildman–Crippen MR) is 72.8 cm³/mol. The lowest BCUT2D eigenvalue weighted by atomic mass is 10.0. The van der Waals surface area contributed by atoms with E-state index in [4.69, 9.17) is 5.84 Å². The first-order valence-corrected chi connectivity index (χ1v) is 6.38. The molecule has 0 aliphatic heterocycles. The Morgan fingerprint density at radius 1 is 1.47 bits per heavy atom. The quantitative estimate of drug-likeness (QED) is 0.641. The Hall–Kier alpha value is -1.72. The minimum Gasteiger partial charge on any atom is -0.335 e. The van der Waals surface area contributed by atoms with Crippen molar-refractivity contribution in [3.8, 4) is 0 Å². The van der Waals surface area contributed by atoms with Gasteiger partial charge in [-0.2, -0.15) is 0 Å². The predicted octanol–water partition coefficient (Wildman–Crippen LogP) is 2.10. The van der Waals surface area contributed by atoms with Crippen molar-refractivity contribution in [2.24, 2.45) is 5.84 Å². The number of imidazole rings is 1. The highest BCUT2D eigenvalue weighted by Crippen LogP contribution is 2.19. The van der Waals surface area contributed by atoms with Gasteiger partial charge in [0.15, 0.2) is 0 Å². The largest absolute Gasteiger partial charge is 0.335 e. The van der Waals surface area contributed by atoms with Crippen LogP contribution >= 0.6 is 0 Å². The maximum Gasteiger partial charge on any atom is 0.126 e. The molecule has 0 saturated heterocycles. The lowest BCUT2D eigenvalue weighted by Gasteiger charge is -2.17. The molecule has 19 heavy (non-hydrogen) atoms. The molecule has 0 radical (unpaired) electrons. The summed E-state index contributed by atoms with van der Waals surface area (Å²) in [5, 5.41) is 0. The van der Waals surface area contributed by atoms with Crippen molar-refractivity contribution < 1.29 is 4.39 Å². The van der Waals surface area contributed by atoms with Crippen molar-refractivity contribution in [1.29, 1.82) is 0 Å². The van der Waals surface area contributed by atoms with Crippen LogP contribution < -0.4 is 11.3 Å². The molecule has 0 amide bonds. The summed E-state index contributed by atoms with van der Waals surface area (Å²) >= 11 is 0. The van der Waals surface area contributed by atoms with E-state index in [0.29, 0.717) is 12.0 Å². The van der Waals surface area contributed by atoms with E-state index >= 15 is 0 Å². The summed E-state index contributed by atoms with van der Waals surface area (Å²) < 4.78 is 15.4. The number of rotatable bonds is 5. The number of aryl methyl sites for hydroxylation is 2. The number of nitrogens with zero attached hydrogens (tertiary/aromatic N) is 2. The topological polar surface area (TPSA) is 55.9 Å². The van der Waals surface area contributed by atoms with Crippen LogP contribution in [0.4, 0.5) is 4.39 Å². The van der Waals surface area contributed by atoms with E-state index in [1.165, 1.54) is 6.07 Å². The molecule has 0 aliphatic rings. The molecule has 5 heteroatoms. The molecule has 1 heterocycles. The summed E-state index contributed by atoms with van der Waals surface area (Å²) in [7, 11) is 0. The fourth-order valence-corrected chi connectivity index (χ4v) is 2.16. The van der Waals surface area contributed by atoms with Gasteiger partial charge in [-0.3, -0.25) is 11.3 Å². The molecular weight excluding hydrogens is 243 g/mol. The van der Waals surface area contributed by atoms with Gasteiger partial charge in [-0.1, -0.05) is 12.1 Å². The smallest absolute Gasteiger partial charge is 0.126 e. The normalized spacial score (nSPS) is 12.6. The van der Waals surface area contributed by atoms with Crippen molar-refractivity contribution in [3.63, 3.8) is 0 Å². The first-order valence-electron chi connectivity index (χ1n) is 6.38. The van der Waals surface area contributed by atoms with Gasteiger partial charge < -0.3 is 4.57 Å². The highest BCUT2D eigenvalue weighted by atomic mass is 19.1. The number of halogens is 1. The fourth-order valence-electron chi connectivity index (χ4n) is 2.16. The zero-order valence-corrected chi connectivity index (χ0v) is 11.2. The molecule has 0 spiro atoms. The Balaban J connectivity index is 2.22. The lowest BCUT2D eigenvalue weighted by molar-refractivity contribution is 0.521. The number of hydrazine groups is 1. The first kappa shape index (κ1) is 13.7. The number of nitrogens with two attached hydrogens (primary N) is 1. The molecule has 0 bridgehead atoms. The lowest BCUT2D eigenvalue weighted by Crippen LogP contribution is -2.30. The first-order chi connectivity index (χ1) is 9.15. The van der Waals surface area contributed by atoms with Gasteiger partial charge in [-0.05, 0) is 31.0 Å². The molecule has 0 saturated carbocycles. The van der Waals surface area contributed by atoms with Crippen LogP contribution in [0.1, 0.15) is 29.9 Å². The van der Waals surface area contributed by atoms with Crippen molar-refractivity contribution in [1.82, 2.24) is 15.0 Å². The summed E-state index contributed by atoms with van der Waals surface area (Å²) in [6, 6.07) is 4.97. The summed E-state index contributed by atoms with van der Waals surface area (Å²) in [5.41, 5.74) is 4.37. The zero-order valence-electron chi connectivity index (χ0n) is 11.2. The minimum atomic E-state index is -0.199. The van der Waals surface area contributed by atoms with Crippen LogP contribution in [0.25, 0.3) is 0 Å². The van der Waals surface area contributed by atoms with Crippen LogP contribution in [0.3, 0.4) is 0 Å². The van der Waals surface area contributed by atoms with E-state index < -0.39 is 0 Å². The Morgan fingerprint density at radius 3 is 2.89 bits per heavy atom. The molecule has 2 aromatic rings. The van der Waals surface area contributed by atoms with Crippen LogP contribution in [0.2, 0.25) is 0 Å². The molecule has 0 fully saturated rings. The average Bonchev–Trinajstić information content (AvgIpc) is 2.86. The maximum absolute atomic E-state index is 13.3. The number of benzene rings is 1. The fraction of sp³-hybridized carbons (Fsp3) is 0.357. The number of aromatic nitrogens is 2. The van der Waals surface area contributed by atoms with Crippen LogP contribution in [0.5, 0.6) is 0 Å². The molecule has 102 valence electrons. The highest BCUT2D eigenvalue weighted by Gasteiger charge is 2.14. The molecular formula is C14H19FN4. The second-order valence-corrected chi connectivity index (χ2v) is 4.56. The van der Waals surface area contributed by atoms with Crippen molar-refractivity contribution in [2.75, 3.05) is 0 Å². The Morgan fingerprint density at radius 2 is 2.26 bits per heavy atom. The molecule has 0 aliphatic carbocycles. The maximum atomic E-state index is 13.3. The van der Waals surface area contributed by atoms with E-state index in [1.54, 1.807) is 19.2 Å². The van der Waals surface area contributed by atoms with Crippen molar-refractivity contribution in [2.45, 2.75) is 32.9 Å². The second-order valence-electron chi connectivity index (χ2n) is 4.56. The van der Waals surface area contributed by atoms with E-state index in [-0.39, 0.29) is 11.9 Å². The Labute approximate surface area is 112 Å². The summed E-state index contributed by atoms with van der Waals surface area (Å²) in [5.74, 6) is 6.39. The third-order valence-corrected chi connectivity index (χ3v) is 3.31. The van der Waals surface area contributed by atoms with Crippen molar-refractivity contribution in [3.05, 3.63) is 53.4 Å². The van der Waals surface area contributed by atoms with Gasteiger partial charge in [0.05, 0.1) is 6.04 Å². The monoisotopic (exact) mass is 262 g/mol. The molecule has 1 aromatic heterocycles. The molecule has 1 unspecified atom stereocenters. The van der Waals surface area contributed by atoms with Crippen LogP contribution in [-0.4, -0.2) is 9.55 Å². The SMILES string of the molecule is CCn1ccnc1CC(NN)c1ccc(F)c(C)c1. The molecule has 2 rings (SSSR count). The van der Waals surface area contributed by atoms with Gasteiger partial charge in [-0.25, -0.2) is 9.37 Å². The van der Waals surface area contributed by atoms with Crippen LogP contribution in [0, 0.1) is 12.7 Å². The van der Waals surface area contributed by atoms with Gasteiger partial charge in [0.2, 0.25) is 0 Å². The molecule has 4 nitrogen and oxygen atoms in total. The Bertz CT molecular complexity index is 550. The van der Waals surface area contributed by atoms with Crippen LogP contribution in [-0.2, 0) is 13.0 Å². The third-order valence-electron chi connectivity index (χ3n) is 3.31. The third kappa shape index (κ3) is 3.00. The van der Waals surface area contributed by atoms with Gasteiger partial charge >= 0.3 is 0 Å². The van der Waals surface area contributed by atoms with Gasteiger partial charge in [-0.15, -0.1) is 0 Å². The van der Waals surface area contributed by atoms with E-state index in [0.717, 1.165) is 17.9 Å². The molecule has 3 N–H and O–H groups in total. The van der Waals surface area contributed by atoms with E-state index in [2.05, 4.69) is 21.9 Å². The van der Waals surface area contributed by atoms with Gasteiger partial charge in [0.1, 0.15) is 11.6 Å². The molecule has 1 aromatic carbocycles. The standard InChI is InChI=1S/C14H19FN4/c1-3-19-7-6-17-14(19)9-13(18-16)11-4-5-12(15)10(2)8-11/h4-8,13,18H,3,9,16H2,1-2H3. The summed E-state index contributed by atoms with van der Waals surface area (Å²) in [6.45, 7) is 4.69. The number of hydrogen-bond donors (Lipinski definition) is 2. The highest BCUT2D eigenvalue weighted by molar-refractivity contribution is 5.27. The summed E-state index contributed by atoms with van der Waals surface area (Å²) in [4.78, 5) is 4.33. The molecule has 1 atom stereocenters. The Kier molecular flexibility index (Phi) is 4.29. The van der Waals surface area contributed by atoms with Gasteiger partial charge in [0, 0.05) is 25.4 Å². The number of nitrogens with one attached hydrogen (secondary N) is 1.